The quantitative estimate of drug-likeness (QED) is 0.489. The molecular formula is C27H28FN5O2. The van der Waals surface area contributed by atoms with E-state index in [1.807, 2.05) is 24.3 Å². The lowest BCUT2D eigenvalue weighted by Crippen LogP contribution is -2.49. The summed E-state index contributed by atoms with van der Waals surface area (Å²) in [6, 6.07) is 12.2. The maximum Gasteiger partial charge on any atom is 0.257 e. The Bertz CT molecular complexity index is 1320. The standard InChI is InChI=1S/C27H28FN5O2/c1-16(29)22-5-4-20(11-25(22)30-2)35-21-6-7-31-24(10-21)18-8-19-15-33(14-17-12-32(3)13-17)27(34)26(19)23(28)9-18/h4-11,17,29-30H,12-15H2,1-3H3. The van der Waals surface area contributed by atoms with E-state index in [2.05, 4.69) is 22.2 Å². The Labute approximate surface area is 204 Å². The number of amides is 1. The molecule has 0 atom stereocenters. The molecule has 0 radical (unpaired) electrons. The maximum absolute atomic E-state index is 15.1. The molecule has 35 heavy (non-hydrogen) atoms. The second-order valence-corrected chi connectivity index (χ2v) is 9.33. The number of ether oxygens (including phenoxy) is 1. The van der Waals surface area contributed by atoms with Crippen LogP contribution in [0.25, 0.3) is 11.3 Å². The molecule has 8 heteroatoms. The number of aromatic nitrogens is 1. The van der Waals surface area contributed by atoms with Gasteiger partial charge in [-0.3, -0.25) is 9.78 Å². The van der Waals surface area contributed by atoms with Crippen LogP contribution in [0.5, 0.6) is 11.5 Å². The lowest BCUT2D eigenvalue weighted by atomic mass is 10.0. The minimum Gasteiger partial charge on any atom is -0.457 e. The smallest absolute Gasteiger partial charge is 0.257 e. The van der Waals surface area contributed by atoms with Crippen LogP contribution in [0, 0.1) is 17.1 Å². The largest absolute Gasteiger partial charge is 0.457 e. The summed E-state index contributed by atoms with van der Waals surface area (Å²) >= 11 is 0. The van der Waals surface area contributed by atoms with E-state index in [0.29, 0.717) is 53.0 Å². The normalized spacial score (nSPS) is 15.7. The first-order valence-corrected chi connectivity index (χ1v) is 11.6. The van der Waals surface area contributed by atoms with Gasteiger partial charge in [0.05, 0.1) is 11.3 Å². The lowest BCUT2D eigenvalue weighted by Gasteiger charge is -2.38. The van der Waals surface area contributed by atoms with Crippen LogP contribution in [0.15, 0.2) is 48.7 Å². The molecule has 1 saturated heterocycles. The summed E-state index contributed by atoms with van der Waals surface area (Å²) in [5, 5.41) is 11.0. The first-order valence-electron chi connectivity index (χ1n) is 11.6. The van der Waals surface area contributed by atoms with Crippen LogP contribution < -0.4 is 10.1 Å². The number of benzene rings is 2. The molecule has 2 aliphatic heterocycles. The van der Waals surface area contributed by atoms with Crippen LogP contribution in [0.1, 0.15) is 28.4 Å². The summed E-state index contributed by atoms with van der Waals surface area (Å²) in [6.45, 7) is 4.73. The van der Waals surface area contributed by atoms with E-state index in [1.54, 1.807) is 37.2 Å². The van der Waals surface area contributed by atoms with E-state index < -0.39 is 5.82 Å². The van der Waals surface area contributed by atoms with Gasteiger partial charge in [0.25, 0.3) is 5.91 Å². The zero-order chi connectivity index (χ0) is 24.7. The van der Waals surface area contributed by atoms with Crippen LogP contribution in [-0.2, 0) is 6.54 Å². The third-order valence-corrected chi connectivity index (χ3v) is 6.58. The van der Waals surface area contributed by atoms with Crippen molar-refractivity contribution in [2.24, 2.45) is 5.92 Å². The Morgan fingerprint density at radius 3 is 2.69 bits per heavy atom. The molecule has 0 unspecified atom stereocenters. The number of halogens is 1. The topological polar surface area (TPSA) is 81.6 Å². The van der Waals surface area contributed by atoms with Gasteiger partial charge < -0.3 is 25.3 Å². The first-order chi connectivity index (χ1) is 16.8. The van der Waals surface area contributed by atoms with Crippen LogP contribution in [-0.4, -0.2) is 60.1 Å². The van der Waals surface area contributed by atoms with Crippen molar-refractivity contribution in [3.63, 3.8) is 0 Å². The van der Waals surface area contributed by atoms with Crippen LogP contribution in [0.3, 0.4) is 0 Å². The molecule has 180 valence electrons. The van der Waals surface area contributed by atoms with Crippen molar-refractivity contribution in [1.29, 1.82) is 5.41 Å². The van der Waals surface area contributed by atoms with Gasteiger partial charge >= 0.3 is 0 Å². The van der Waals surface area contributed by atoms with Crippen molar-refractivity contribution in [3.8, 4) is 22.8 Å². The van der Waals surface area contributed by atoms with Crippen molar-refractivity contribution >= 4 is 17.3 Å². The molecule has 3 aromatic rings. The summed E-state index contributed by atoms with van der Waals surface area (Å²) in [7, 11) is 3.86. The monoisotopic (exact) mass is 473 g/mol. The fraction of sp³-hybridized carbons (Fsp3) is 0.296. The summed E-state index contributed by atoms with van der Waals surface area (Å²) < 4.78 is 21.1. The van der Waals surface area contributed by atoms with E-state index >= 15 is 4.39 Å². The Morgan fingerprint density at radius 1 is 1.20 bits per heavy atom. The summed E-state index contributed by atoms with van der Waals surface area (Å²) in [6.07, 6.45) is 1.62. The van der Waals surface area contributed by atoms with Gasteiger partial charge in [-0.2, -0.15) is 0 Å². The number of likely N-dealkylation sites (tertiary alicyclic amines) is 1. The number of carbonyl (C=O) groups is 1. The van der Waals surface area contributed by atoms with Crippen LogP contribution >= 0.6 is 0 Å². The molecule has 1 fully saturated rings. The number of fused-ring (bicyclic) bond motifs is 1. The molecule has 0 spiro atoms. The first kappa shape index (κ1) is 23.0. The average molecular weight is 474 g/mol. The van der Waals surface area contributed by atoms with Crippen molar-refractivity contribution in [2.45, 2.75) is 13.5 Å². The Balaban J connectivity index is 1.37. The zero-order valence-electron chi connectivity index (χ0n) is 20.1. The lowest BCUT2D eigenvalue weighted by molar-refractivity contribution is 0.0605. The number of anilines is 1. The highest BCUT2D eigenvalue weighted by Crippen LogP contribution is 2.33. The predicted octanol–water partition coefficient (Wildman–Crippen LogP) is 4.63. The van der Waals surface area contributed by atoms with Gasteiger partial charge in [-0.15, -0.1) is 0 Å². The van der Waals surface area contributed by atoms with Crippen molar-refractivity contribution in [1.82, 2.24) is 14.8 Å². The molecule has 2 aromatic carbocycles. The maximum atomic E-state index is 15.1. The van der Waals surface area contributed by atoms with Gasteiger partial charge in [0.1, 0.15) is 17.3 Å². The average Bonchev–Trinajstić information content (AvgIpc) is 3.13. The van der Waals surface area contributed by atoms with Crippen molar-refractivity contribution in [3.05, 3.63) is 71.2 Å². The van der Waals surface area contributed by atoms with Gasteiger partial charge in [0.15, 0.2) is 0 Å². The second-order valence-electron chi connectivity index (χ2n) is 9.33. The summed E-state index contributed by atoms with van der Waals surface area (Å²) in [4.78, 5) is 21.2. The van der Waals surface area contributed by atoms with E-state index in [1.165, 1.54) is 6.07 Å². The number of nitrogens with zero attached hydrogens (tertiary/aromatic N) is 3. The number of nitrogens with one attached hydrogen (secondary N) is 2. The second kappa shape index (κ2) is 9.11. The number of carbonyl (C=O) groups excluding carboxylic acids is 1. The third kappa shape index (κ3) is 4.49. The fourth-order valence-electron chi connectivity index (χ4n) is 4.90. The van der Waals surface area contributed by atoms with Crippen LogP contribution in [0.2, 0.25) is 0 Å². The highest BCUT2D eigenvalue weighted by Gasteiger charge is 2.35. The molecular weight excluding hydrogens is 445 g/mol. The van der Waals surface area contributed by atoms with Crippen molar-refractivity contribution in [2.75, 3.05) is 39.0 Å². The molecule has 2 N–H and O–H groups in total. The Hall–Kier alpha value is -3.78. The minimum atomic E-state index is -0.514. The number of hydrogen-bond donors (Lipinski definition) is 2. The Kier molecular flexibility index (Phi) is 5.98. The number of hydrogen-bond acceptors (Lipinski definition) is 6. The molecule has 1 aromatic heterocycles. The van der Waals surface area contributed by atoms with Gasteiger partial charge in [0.2, 0.25) is 0 Å². The minimum absolute atomic E-state index is 0.176. The molecule has 1 amide bonds. The highest BCUT2D eigenvalue weighted by molar-refractivity contribution is 6.01. The molecule has 0 aliphatic carbocycles. The van der Waals surface area contributed by atoms with E-state index in [-0.39, 0.29) is 11.5 Å². The van der Waals surface area contributed by atoms with Gasteiger partial charge in [-0.05, 0) is 49.9 Å². The fourth-order valence-corrected chi connectivity index (χ4v) is 4.90. The predicted molar refractivity (Wildman–Crippen MR) is 134 cm³/mol. The number of rotatable bonds is 7. The molecule has 2 aliphatic rings. The Morgan fingerprint density at radius 2 is 1.97 bits per heavy atom. The molecule has 7 nitrogen and oxygen atoms in total. The van der Waals surface area contributed by atoms with E-state index in [4.69, 9.17) is 10.1 Å². The SMILES string of the molecule is CNc1cc(Oc2ccnc(-c3cc(F)c4c(c3)CN(CC3CN(C)C3)C4=O)c2)ccc1C(C)=N. The summed E-state index contributed by atoms with van der Waals surface area (Å²) in [5.74, 6) is 0.869. The molecule has 0 bridgehead atoms. The van der Waals surface area contributed by atoms with Gasteiger partial charge in [0, 0.05) is 80.0 Å². The molecule has 0 saturated carbocycles. The zero-order valence-corrected chi connectivity index (χ0v) is 20.1. The molecule has 3 heterocycles. The third-order valence-electron chi connectivity index (χ3n) is 6.58. The van der Waals surface area contributed by atoms with E-state index in [0.717, 1.165) is 24.3 Å². The molecule has 5 rings (SSSR count). The highest BCUT2D eigenvalue weighted by atomic mass is 19.1. The van der Waals surface area contributed by atoms with Gasteiger partial charge in [-0.25, -0.2) is 4.39 Å². The van der Waals surface area contributed by atoms with Crippen molar-refractivity contribution < 1.29 is 13.9 Å². The number of pyridine rings is 1. The van der Waals surface area contributed by atoms with Gasteiger partial charge in [-0.1, -0.05) is 0 Å². The van der Waals surface area contributed by atoms with Crippen LogP contribution in [0.4, 0.5) is 10.1 Å². The summed E-state index contributed by atoms with van der Waals surface area (Å²) in [5.41, 5.74) is 4.11. The van der Waals surface area contributed by atoms with E-state index in [9.17, 15) is 4.79 Å².